The van der Waals surface area contributed by atoms with Crippen LogP contribution in [0.15, 0.2) is 36.7 Å². The summed E-state index contributed by atoms with van der Waals surface area (Å²) in [6.07, 6.45) is 3.41. The molecule has 0 aliphatic heterocycles. The highest BCUT2D eigenvalue weighted by Gasteiger charge is 2.05. The van der Waals surface area contributed by atoms with Crippen LogP contribution in [0.5, 0.6) is 5.75 Å². The predicted octanol–water partition coefficient (Wildman–Crippen LogP) is 1.95. The summed E-state index contributed by atoms with van der Waals surface area (Å²) in [5.41, 5.74) is 0.857. The van der Waals surface area contributed by atoms with Gasteiger partial charge in [-0.25, -0.2) is 9.97 Å². The van der Waals surface area contributed by atoms with Gasteiger partial charge in [-0.3, -0.25) is 0 Å². The number of hydrogen-bond donors (Lipinski definition) is 0. The maximum atomic E-state index is 5.16. The lowest BCUT2D eigenvalue weighted by Gasteiger charge is -2.04. The Kier molecular flexibility index (Phi) is 2.40. The second-order valence-corrected chi connectivity index (χ2v) is 2.69. The predicted molar refractivity (Wildman–Crippen MR) is 52.9 cm³/mol. The van der Waals surface area contributed by atoms with E-state index in [-0.39, 0.29) is 0 Å². The molecule has 0 saturated heterocycles. The normalized spacial score (nSPS) is 9.79. The molecule has 1 aromatic heterocycles. The van der Waals surface area contributed by atoms with Crippen molar-refractivity contribution in [2.75, 3.05) is 7.11 Å². The second kappa shape index (κ2) is 3.87. The van der Waals surface area contributed by atoms with Gasteiger partial charge in [0.2, 0.25) is 0 Å². The molecule has 2 aromatic rings. The number of benzene rings is 1. The molecule has 0 spiro atoms. The Hall–Kier alpha value is -1.90. The Morgan fingerprint density at radius 2 is 2.00 bits per heavy atom. The van der Waals surface area contributed by atoms with Crippen molar-refractivity contribution in [3.63, 3.8) is 0 Å². The fourth-order valence-electron chi connectivity index (χ4n) is 1.20. The summed E-state index contributed by atoms with van der Waals surface area (Å²) in [7, 11) is 1.61. The molecule has 1 heterocycles. The minimum atomic E-state index is 0.654. The first-order chi connectivity index (χ1) is 6.92. The molecule has 3 heteroatoms. The van der Waals surface area contributed by atoms with Crippen LogP contribution in [0.4, 0.5) is 0 Å². The molecule has 0 bridgehead atoms. The van der Waals surface area contributed by atoms with Gasteiger partial charge in [-0.15, -0.1) is 0 Å². The van der Waals surface area contributed by atoms with Gasteiger partial charge in [0.05, 0.1) is 12.7 Å². The minimum Gasteiger partial charge on any atom is -0.495 e. The molecule has 1 aromatic carbocycles. The third kappa shape index (κ3) is 1.57. The number of nitrogens with zero attached hydrogens (tertiary/aromatic N) is 2. The molecular weight excluding hydrogens is 176 g/mol. The van der Waals surface area contributed by atoms with Crippen molar-refractivity contribution in [3.8, 4) is 17.1 Å². The Morgan fingerprint density at radius 1 is 1.21 bits per heavy atom. The van der Waals surface area contributed by atoms with Gasteiger partial charge in [0.25, 0.3) is 0 Å². The number of rotatable bonds is 2. The number of hydrogen-bond acceptors (Lipinski definition) is 3. The van der Waals surface area contributed by atoms with Crippen LogP contribution < -0.4 is 4.74 Å². The summed E-state index contributed by atoms with van der Waals surface area (Å²) < 4.78 is 5.16. The molecule has 2 rings (SSSR count). The standard InChI is InChI=1S/C11H9N2O/c1-14-10-6-3-2-5-9(10)11-12-7-4-8-13-11/h2-5,7-8H,1H3. The van der Waals surface area contributed by atoms with E-state index in [1.807, 2.05) is 12.1 Å². The van der Waals surface area contributed by atoms with Crippen molar-refractivity contribution in [3.05, 3.63) is 42.7 Å². The van der Waals surface area contributed by atoms with Crippen LogP contribution in [0.1, 0.15) is 0 Å². The van der Waals surface area contributed by atoms with Crippen LogP contribution in [0, 0.1) is 6.07 Å². The molecule has 0 unspecified atom stereocenters. The van der Waals surface area contributed by atoms with Gasteiger partial charge in [-0.1, -0.05) is 12.1 Å². The fourth-order valence-corrected chi connectivity index (χ4v) is 1.20. The molecule has 0 aliphatic rings. The van der Waals surface area contributed by atoms with Crippen LogP contribution in [0.2, 0.25) is 0 Å². The maximum absolute atomic E-state index is 5.16. The van der Waals surface area contributed by atoms with E-state index in [0.717, 1.165) is 5.56 Å². The number of methoxy groups -OCH3 is 1. The Labute approximate surface area is 82.4 Å². The van der Waals surface area contributed by atoms with Crippen LogP contribution in [-0.4, -0.2) is 17.1 Å². The number of para-hydroxylation sites is 1. The SMILES string of the molecule is COc1[c]cccc1-c1ncccn1. The highest BCUT2D eigenvalue weighted by molar-refractivity contribution is 5.63. The molecule has 0 N–H and O–H groups in total. The van der Waals surface area contributed by atoms with Crippen molar-refractivity contribution in [2.24, 2.45) is 0 Å². The molecule has 1 radical (unpaired) electrons. The van der Waals surface area contributed by atoms with Gasteiger partial charge >= 0.3 is 0 Å². The van der Waals surface area contributed by atoms with Gasteiger partial charge in [0.15, 0.2) is 5.82 Å². The first kappa shape index (κ1) is 8.69. The van der Waals surface area contributed by atoms with E-state index in [1.165, 1.54) is 0 Å². The van der Waals surface area contributed by atoms with Gasteiger partial charge in [0.1, 0.15) is 5.75 Å². The second-order valence-electron chi connectivity index (χ2n) is 2.69. The largest absolute Gasteiger partial charge is 0.495 e. The summed E-state index contributed by atoms with van der Waals surface area (Å²) >= 11 is 0. The molecule has 69 valence electrons. The topological polar surface area (TPSA) is 35.0 Å². The van der Waals surface area contributed by atoms with Crippen molar-refractivity contribution in [2.45, 2.75) is 0 Å². The van der Waals surface area contributed by atoms with Crippen LogP contribution in [0.3, 0.4) is 0 Å². The van der Waals surface area contributed by atoms with Crippen molar-refractivity contribution in [1.82, 2.24) is 9.97 Å². The van der Waals surface area contributed by atoms with Crippen molar-refractivity contribution >= 4 is 0 Å². The average molecular weight is 185 g/mol. The van der Waals surface area contributed by atoms with E-state index in [4.69, 9.17) is 4.74 Å². The van der Waals surface area contributed by atoms with E-state index in [2.05, 4.69) is 16.0 Å². The first-order valence-corrected chi connectivity index (χ1v) is 4.24. The van der Waals surface area contributed by atoms with Crippen LogP contribution >= 0.6 is 0 Å². The van der Waals surface area contributed by atoms with Crippen LogP contribution in [0.25, 0.3) is 11.4 Å². The zero-order valence-corrected chi connectivity index (χ0v) is 7.77. The van der Waals surface area contributed by atoms with Gasteiger partial charge < -0.3 is 4.74 Å². The molecule has 0 amide bonds. The summed E-state index contributed by atoms with van der Waals surface area (Å²) in [5, 5.41) is 0. The number of ether oxygens (including phenoxy) is 1. The Morgan fingerprint density at radius 3 is 2.71 bits per heavy atom. The highest BCUT2D eigenvalue weighted by Crippen LogP contribution is 2.25. The molecule has 0 fully saturated rings. The van der Waals surface area contributed by atoms with E-state index in [0.29, 0.717) is 11.6 Å². The summed E-state index contributed by atoms with van der Waals surface area (Å²) in [6.45, 7) is 0. The zero-order chi connectivity index (χ0) is 9.80. The highest BCUT2D eigenvalue weighted by atomic mass is 16.5. The molecule has 0 saturated carbocycles. The fraction of sp³-hybridized carbons (Fsp3) is 0.0909. The summed E-state index contributed by atoms with van der Waals surface area (Å²) in [5.74, 6) is 1.32. The Bertz CT molecular complexity index is 415. The number of aromatic nitrogens is 2. The minimum absolute atomic E-state index is 0.654. The summed E-state index contributed by atoms with van der Waals surface area (Å²) in [4.78, 5) is 8.29. The lowest BCUT2D eigenvalue weighted by Crippen LogP contribution is -1.91. The lowest BCUT2D eigenvalue weighted by atomic mass is 10.2. The molecule has 0 atom stereocenters. The van der Waals surface area contributed by atoms with Gasteiger partial charge in [-0.05, 0) is 12.1 Å². The third-order valence-corrected chi connectivity index (χ3v) is 1.83. The molecular formula is C11H9N2O. The van der Waals surface area contributed by atoms with Crippen molar-refractivity contribution in [1.29, 1.82) is 0 Å². The van der Waals surface area contributed by atoms with Crippen LogP contribution in [-0.2, 0) is 0 Å². The summed E-state index contributed by atoms with van der Waals surface area (Å²) in [6, 6.07) is 10.4. The molecule has 14 heavy (non-hydrogen) atoms. The van der Waals surface area contributed by atoms with E-state index < -0.39 is 0 Å². The van der Waals surface area contributed by atoms with Gasteiger partial charge in [0, 0.05) is 18.5 Å². The smallest absolute Gasteiger partial charge is 0.162 e. The van der Waals surface area contributed by atoms with Crippen molar-refractivity contribution < 1.29 is 4.74 Å². The average Bonchev–Trinajstić information content (AvgIpc) is 2.30. The monoisotopic (exact) mass is 185 g/mol. The first-order valence-electron chi connectivity index (χ1n) is 4.24. The maximum Gasteiger partial charge on any atom is 0.162 e. The Balaban J connectivity index is 2.51. The quantitative estimate of drug-likeness (QED) is 0.717. The zero-order valence-electron chi connectivity index (χ0n) is 7.77. The van der Waals surface area contributed by atoms with E-state index in [9.17, 15) is 0 Å². The van der Waals surface area contributed by atoms with E-state index >= 15 is 0 Å². The lowest BCUT2D eigenvalue weighted by molar-refractivity contribution is 0.415. The molecule has 3 nitrogen and oxygen atoms in total. The van der Waals surface area contributed by atoms with Gasteiger partial charge in [-0.2, -0.15) is 0 Å². The van der Waals surface area contributed by atoms with E-state index in [1.54, 1.807) is 31.6 Å². The third-order valence-electron chi connectivity index (χ3n) is 1.83. The molecule has 0 aliphatic carbocycles.